The first kappa shape index (κ1) is 21.9. The maximum Gasteiger partial charge on any atom is 0.262 e. The number of carbonyl (C=O) groups excluding carboxylic acids is 1. The van der Waals surface area contributed by atoms with Gasteiger partial charge in [0, 0.05) is 22.2 Å². The van der Waals surface area contributed by atoms with E-state index in [-0.39, 0.29) is 24.7 Å². The highest BCUT2D eigenvalue weighted by atomic mass is 35.5. The van der Waals surface area contributed by atoms with Crippen LogP contribution >= 0.6 is 22.9 Å². The Bertz CT molecular complexity index is 1330. The molecule has 0 fully saturated rings. The Morgan fingerprint density at radius 1 is 1.12 bits per heavy atom. The monoisotopic (exact) mass is 469 g/mol. The Labute approximate surface area is 193 Å². The molecule has 4 rings (SSSR count). The van der Waals surface area contributed by atoms with Crippen molar-refractivity contribution < 1.29 is 14.3 Å². The number of amides is 1. The van der Waals surface area contributed by atoms with E-state index in [9.17, 15) is 9.59 Å². The van der Waals surface area contributed by atoms with E-state index in [1.54, 1.807) is 34.7 Å². The third-order valence-corrected chi connectivity index (χ3v) is 5.79. The van der Waals surface area contributed by atoms with Crippen LogP contribution in [0.5, 0.6) is 11.5 Å². The summed E-state index contributed by atoms with van der Waals surface area (Å²) in [6.07, 6.45) is 0. The van der Waals surface area contributed by atoms with Gasteiger partial charge in [-0.05, 0) is 55.8 Å². The minimum atomic E-state index is -0.331. The zero-order chi connectivity index (χ0) is 22.7. The van der Waals surface area contributed by atoms with Gasteiger partial charge in [-0.2, -0.15) is 0 Å². The average molecular weight is 470 g/mol. The summed E-state index contributed by atoms with van der Waals surface area (Å²) < 4.78 is 12.9. The summed E-state index contributed by atoms with van der Waals surface area (Å²) in [5, 5.41) is 5.29. The lowest BCUT2D eigenvalue weighted by Gasteiger charge is -2.14. The number of ether oxygens (including phenoxy) is 2. The predicted octanol–water partition coefficient (Wildman–Crippen LogP) is 4.62. The molecule has 0 atom stereocenters. The van der Waals surface area contributed by atoms with Crippen molar-refractivity contribution in [2.45, 2.75) is 20.5 Å². The summed E-state index contributed by atoms with van der Waals surface area (Å²) in [4.78, 5) is 29.9. The molecule has 1 N–H and O–H groups in total. The van der Waals surface area contributed by atoms with Crippen LogP contribution in [0.4, 0.5) is 5.69 Å². The normalized spacial score (nSPS) is 10.8. The highest BCUT2D eigenvalue weighted by Crippen LogP contribution is 2.27. The lowest BCUT2D eigenvalue weighted by Crippen LogP contribution is -2.21. The molecule has 0 spiro atoms. The molecule has 0 aliphatic carbocycles. The van der Waals surface area contributed by atoms with Crippen LogP contribution in [-0.2, 0) is 11.4 Å². The smallest absolute Gasteiger partial charge is 0.262 e. The largest absolute Gasteiger partial charge is 0.485 e. The first-order valence-electron chi connectivity index (χ1n) is 9.77. The van der Waals surface area contributed by atoms with Gasteiger partial charge in [0.15, 0.2) is 11.6 Å². The number of carbonyl (C=O) groups is 1. The molecule has 164 valence electrons. The number of benzene rings is 2. The Morgan fingerprint density at radius 3 is 2.69 bits per heavy atom. The van der Waals surface area contributed by atoms with Crippen molar-refractivity contribution in [2.75, 3.05) is 11.9 Å². The van der Waals surface area contributed by atoms with Gasteiger partial charge in [-0.25, -0.2) is 4.98 Å². The van der Waals surface area contributed by atoms with Gasteiger partial charge in [-0.3, -0.25) is 14.0 Å². The van der Waals surface area contributed by atoms with Crippen LogP contribution in [0.15, 0.2) is 58.7 Å². The predicted molar refractivity (Wildman–Crippen MR) is 125 cm³/mol. The lowest BCUT2D eigenvalue weighted by atomic mass is 10.2. The maximum atomic E-state index is 12.4. The minimum absolute atomic E-state index is 0.0931. The second kappa shape index (κ2) is 9.42. The number of rotatable bonds is 7. The Balaban J connectivity index is 1.44. The van der Waals surface area contributed by atoms with Crippen molar-refractivity contribution in [3.05, 3.63) is 86.2 Å². The summed E-state index contributed by atoms with van der Waals surface area (Å²) in [6, 6.07) is 13.7. The minimum Gasteiger partial charge on any atom is -0.485 e. The molecule has 0 saturated heterocycles. The summed E-state index contributed by atoms with van der Waals surface area (Å²) >= 11 is 7.25. The van der Waals surface area contributed by atoms with Gasteiger partial charge in [0.25, 0.3) is 11.5 Å². The third kappa shape index (κ3) is 5.09. The van der Waals surface area contributed by atoms with E-state index in [2.05, 4.69) is 10.3 Å². The number of hydrogen-bond acceptors (Lipinski definition) is 6. The molecular weight excluding hydrogens is 450 g/mol. The topological polar surface area (TPSA) is 81.9 Å². The number of aryl methyl sites for hydroxylation is 2. The number of hydrogen-bond donors (Lipinski definition) is 1. The molecule has 9 heteroatoms. The zero-order valence-electron chi connectivity index (χ0n) is 17.4. The van der Waals surface area contributed by atoms with Gasteiger partial charge in [-0.1, -0.05) is 17.7 Å². The quantitative estimate of drug-likeness (QED) is 0.427. The van der Waals surface area contributed by atoms with Crippen LogP contribution < -0.4 is 20.3 Å². The molecule has 0 aliphatic heterocycles. The van der Waals surface area contributed by atoms with Crippen LogP contribution in [-0.4, -0.2) is 21.9 Å². The van der Waals surface area contributed by atoms with Crippen LogP contribution in [0.3, 0.4) is 0 Å². The van der Waals surface area contributed by atoms with E-state index in [4.69, 9.17) is 21.1 Å². The highest BCUT2D eigenvalue weighted by Gasteiger charge is 2.12. The van der Waals surface area contributed by atoms with E-state index in [0.717, 1.165) is 11.3 Å². The van der Waals surface area contributed by atoms with Crippen molar-refractivity contribution in [1.29, 1.82) is 0 Å². The van der Waals surface area contributed by atoms with Gasteiger partial charge < -0.3 is 14.8 Å². The Morgan fingerprint density at radius 2 is 1.91 bits per heavy atom. The summed E-state index contributed by atoms with van der Waals surface area (Å²) in [7, 11) is 0. The fourth-order valence-electron chi connectivity index (χ4n) is 3.06. The number of aromatic nitrogens is 2. The van der Waals surface area contributed by atoms with Crippen LogP contribution in [0, 0.1) is 13.8 Å². The molecule has 32 heavy (non-hydrogen) atoms. The van der Waals surface area contributed by atoms with Crippen LogP contribution in [0.2, 0.25) is 5.02 Å². The number of nitrogens with zero attached hydrogens (tertiary/aromatic N) is 2. The second-order valence-electron chi connectivity index (χ2n) is 7.16. The molecule has 0 radical (unpaired) electrons. The number of anilines is 1. The van der Waals surface area contributed by atoms with E-state index < -0.39 is 0 Å². The van der Waals surface area contributed by atoms with E-state index in [1.807, 2.05) is 31.4 Å². The molecule has 0 saturated carbocycles. The van der Waals surface area contributed by atoms with Crippen molar-refractivity contribution >= 4 is 39.5 Å². The first-order chi connectivity index (χ1) is 15.4. The van der Waals surface area contributed by atoms with E-state index in [0.29, 0.717) is 32.9 Å². The Hall–Kier alpha value is -3.36. The lowest BCUT2D eigenvalue weighted by molar-refractivity contribution is -0.118. The van der Waals surface area contributed by atoms with Crippen molar-refractivity contribution in [1.82, 2.24) is 9.38 Å². The van der Waals surface area contributed by atoms with E-state index >= 15 is 0 Å². The molecule has 2 aromatic heterocycles. The molecule has 4 aromatic rings. The maximum absolute atomic E-state index is 12.4. The first-order valence-corrected chi connectivity index (χ1v) is 11.0. The molecule has 2 heterocycles. The number of fused-ring (bicyclic) bond motifs is 1. The molecule has 1 amide bonds. The SMILES string of the molecule is Cc1ccc(OCc2cc(=O)n3c(C)csc3n2)c(NC(=O)COc2ccc(Cl)cc2)c1. The second-order valence-corrected chi connectivity index (χ2v) is 8.43. The average Bonchev–Trinajstić information content (AvgIpc) is 3.14. The summed E-state index contributed by atoms with van der Waals surface area (Å²) in [5.41, 5.74) is 2.68. The highest BCUT2D eigenvalue weighted by molar-refractivity contribution is 7.15. The van der Waals surface area contributed by atoms with E-state index in [1.165, 1.54) is 17.4 Å². The summed E-state index contributed by atoms with van der Waals surface area (Å²) in [6.45, 7) is 3.71. The third-order valence-electron chi connectivity index (χ3n) is 4.60. The van der Waals surface area contributed by atoms with Crippen LogP contribution in [0.25, 0.3) is 4.96 Å². The van der Waals surface area contributed by atoms with Gasteiger partial charge >= 0.3 is 0 Å². The van der Waals surface area contributed by atoms with Gasteiger partial charge in [0.05, 0.1) is 11.4 Å². The molecule has 7 nitrogen and oxygen atoms in total. The Kier molecular flexibility index (Phi) is 6.43. The number of thiazole rings is 1. The van der Waals surface area contributed by atoms with Gasteiger partial charge in [0.1, 0.15) is 18.1 Å². The van der Waals surface area contributed by atoms with Crippen molar-refractivity contribution in [2.24, 2.45) is 0 Å². The standard InChI is InChI=1S/C23H20ClN3O4S/c1-14-3-8-20(31-11-17-10-22(29)27-15(2)13-32-23(27)25-17)19(9-14)26-21(28)12-30-18-6-4-16(24)5-7-18/h3-10,13H,11-12H2,1-2H3,(H,26,28). The van der Waals surface area contributed by atoms with Crippen molar-refractivity contribution in [3.63, 3.8) is 0 Å². The number of halogens is 1. The van der Waals surface area contributed by atoms with Crippen LogP contribution in [0.1, 0.15) is 17.0 Å². The fourth-order valence-corrected chi connectivity index (χ4v) is 4.08. The zero-order valence-corrected chi connectivity index (χ0v) is 19.0. The molecule has 2 aromatic carbocycles. The molecule has 0 unspecified atom stereocenters. The summed E-state index contributed by atoms with van der Waals surface area (Å²) in [5.74, 6) is 0.684. The number of nitrogens with one attached hydrogen (secondary N) is 1. The molecular formula is C23H20ClN3O4S. The van der Waals surface area contributed by atoms with Gasteiger partial charge in [-0.15, -0.1) is 11.3 Å². The fraction of sp³-hybridized carbons (Fsp3) is 0.174. The molecule has 0 aliphatic rings. The molecule has 0 bridgehead atoms. The van der Waals surface area contributed by atoms with Crippen molar-refractivity contribution in [3.8, 4) is 11.5 Å². The van der Waals surface area contributed by atoms with Gasteiger partial charge in [0.2, 0.25) is 0 Å².